The van der Waals surface area contributed by atoms with Crippen LogP contribution in [0.5, 0.6) is 5.75 Å². The fraction of sp³-hybridized carbons (Fsp3) is 0.250. The number of halogens is 1. The third-order valence-corrected chi connectivity index (χ3v) is 7.25. The normalized spacial score (nSPS) is 13.3. The Labute approximate surface area is 248 Å². The van der Waals surface area contributed by atoms with Crippen molar-refractivity contribution < 1.29 is 29.0 Å². The van der Waals surface area contributed by atoms with Gasteiger partial charge in [0, 0.05) is 12.8 Å². The summed E-state index contributed by atoms with van der Waals surface area (Å²) in [5.41, 5.74) is 3.03. The van der Waals surface area contributed by atoms with Crippen LogP contribution in [0, 0.1) is 0 Å². The molecule has 2 amide bonds. The van der Waals surface area contributed by atoms with Crippen molar-refractivity contribution in [3.05, 3.63) is 105 Å². The molecule has 0 atom stereocenters. The van der Waals surface area contributed by atoms with E-state index >= 15 is 0 Å². The smallest absolute Gasteiger partial charge is 0.311 e. The van der Waals surface area contributed by atoms with Gasteiger partial charge < -0.3 is 9.84 Å². The number of nitrogens with one attached hydrogen (secondary N) is 1. The highest BCUT2D eigenvalue weighted by Gasteiger charge is 2.25. The maximum Gasteiger partial charge on any atom is 0.311 e. The summed E-state index contributed by atoms with van der Waals surface area (Å²) in [5.74, 6) is -1.29. The lowest BCUT2D eigenvalue weighted by molar-refractivity contribution is -0.137. The van der Waals surface area contributed by atoms with Crippen molar-refractivity contribution in [3.8, 4) is 5.75 Å². The van der Waals surface area contributed by atoms with Gasteiger partial charge >= 0.3 is 11.9 Å². The van der Waals surface area contributed by atoms with E-state index in [4.69, 9.17) is 21.4 Å². The maximum absolute atomic E-state index is 12.1. The number of carboxylic acids is 1. The third kappa shape index (κ3) is 11.6. The quantitative estimate of drug-likeness (QED) is 0.0970. The Morgan fingerprint density at radius 3 is 1.93 bits per heavy atom. The number of unbranched alkanes of at least 4 members (excludes halogenated alkanes) is 2. The molecule has 0 saturated carbocycles. The maximum atomic E-state index is 12.1. The van der Waals surface area contributed by atoms with Gasteiger partial charge in [-0.15, -0.1) is 0 Å². The number of aryl methyl sites for hydroxylation is 2. The van der Waals surface area contributed by atoms with Crippen LogP contribution >= 0.6 is 23.4 Å². The summed E-state index contributed by atoms with van der Waals surface area (Å²) in [7, 11) is 0. The molecule has 4 rings (SSSR count). The van der Waals surface area contributed by atoms with Gasteiger partial charge in [0.2, 0.25) is 0 Å². The number of hydrogen-bond acceptors (Lipinski definition) is 6. The number of carboxylic acid groups (broad SMARTS) is 1. The SMILES string of the molecule is O=C(CCCCc1ccccc1)Oc1cccc(/C=C2\SC(=O)NC2=O)c1Cl.O=C(O)CCCCc1ccccc1. The first-order chi connectivity index (χ1) is 19.8. The number of rotatable bonds is 12. The van der Waals surface area contributed by atoms with E-state index in [9.17, 15) is 19.2 Å². The highest BCUT2D eigenvalue weighted by Crippen LogP contribution is 2.33. The fourth-order valence-electron chi connectivity index (χ4n) is 3.95. The molecule has 0 radical (unpaired) electrons. The highest BCUT2D eigenvalue weighted by atomic mass is 35.5. The zero-order valence-corrected chi connectivity index (χ0v) is 24.1. The number of imide groups is 1. The minimum Gasteiger partial charge on any atom is -0.481 e. The van der Waals surface area contributed by atoms with E-state index in [2.05, 4.69) is 29.6 Å². The van der Waals surface area contributed by atoms with Gasteiger partial charge in [-0.25, -0.2) is 0 Å². The highest BCUT2D eigenvalue weighted by molar-refractivity contribution is 8.18. The second-order valence-corrected chi connectivity index (χ2v) is 10.7. The second kappa shape index (κ2) is 17.0. The Balaban J connectivity index is 0.000000298. The lowest BCUT2D eigenvalue weighted by Gasteiger charge is -2.08. The number of esters is 1. The molecular weight excluding hydrogens is 562 g/mol. The minimum absolute atomic E-state index is 0.223. The van der Waals surface area contributed by atoms with Crippen LogP contribution < -0.4 is 10.1 Å². The Morgan fingerprint density at radius 2 is 1.39 bits per heavy atom. The number of carbonyl (C=O) groups excluding carboxylic acids is 3. The summed E-state index contributed by atoms with van der Waals surface area (Å²) in [6, 6.07) is 25.2. The van der Waals surface area contributed by atoms with E-state index in [-0.39, 0.29) is 28.1 Å². The molecule has 0 bridgehead atoms. The molecule has 1 aliphatic heterocycles. The van der Waals surface area contributed by atoms with Gasteiger partial charge in [-0.3, -0.25) is 24.5 Å². The van der Waals surface area contributed by atoms with Crippen LogP contribution in [0.3, 0.4) is 0 Å². The van der Waals surface area contributed by atoms with Crippen LogP contribution in [0.15, 0.2) is 83.8 Å². The Morgan fingerprint density at radius 1 is 0.805 bits per heavy atom. The molecule has 1 aliphatic rings. The van der Waals surface area contributed by atoms with E-state index in [0.717, 1.165) is 43.9 Å². The predicted molar refractivity (Wildman–Crippen MR) is 162 cm³/mol. The summed E-state index contributed by atoms with van der Waals surface area (Å²) >= 11 is 7.11. The van der Waals surface area contributed by atoms with E-state index in [1.807, 2.05) is 36.4 Å². The van der Waals surface area contributed by atoms with E-state index < -0.39 is 17.1 Å². The Bertz CT molecular complexity index is 1360. The van der Waals surface area contributed by atoms with Crippen LogP contribution in [-0.4, -0.2) is 28.2 Å². The van der Waals surface area contributed by atoms with E-state index in [0.29, 0.717) is 18.4 Å². The van der Waals surface area contributed by atoms with Crippen molar-refractivity contribution >= 4 is 52.5 Å². The minimum atomic E-state index is -0.701. The van der Waals surface area contributed by atoms with E-state index in [1.165, 1.54) is 17.2 Å². The van der Waals surface area contributed by atoms with Gasteiger partial charge in [0.05, 0.1) is 9.93 Å². The molecule has 3 aromatic rings. The average Bonchev–Trinajstić information content (AvgIpc) is 3.28. The van der Waals surface area contributed by atoms with Gasteiger partial charge in [0.25, 0.3) is 11.1 Å². The van der Waals surface area contributed by atoms with Crippen LogP contribution in [0.25, 0.3) is 6.08 Å². The zero-order valence-electron chi connectivity index (χ0n) is 22.5. The summed E-state index contributed by atoms with van der Waals surface area (Å²) in [5, 5.41) is 10.4. The largest absolute Gasteiger partial charge is 0.481 e. The molecule has 7 nitrogen and oxygen atoms in total. The molecule has 2 N–H and O–H groups in total. The van der Waals surface area contributed by atoms with Crippen molar-refractivity contribution in [1.82, 2.24) is 5.32 Å². The zero-order chi connectivity index (χ0) is 29.5. The molecular formula is C32H32ClNO6S. The number of hydrogen-bond donors (Lipinski definition) is 2. The van der Waals surface area contributed by atoms with Gasteiger partial charge in [-0.2, -0.15) is 0 Å². The number of aliphatic carboxylic acids is 1. The van der Waals surface area contributed by atoms with Crippen molar-refractivity contribution in [2.45, 2.75) is 51.4 Å². The molecule has 41 heavy (non-hydrogen) atoms. The van der Waals surface area contributed by atoms with Crippen molar-refractivity contribution in [3.63, 3.8) is 0 Å². The first-order valence-corrected chi connectivity index (χ1v) is 14.5. The molecule has 1 heterocycles. The molecule has 9 heteroatoms. The number of ether oxygens (including phenoxy) is 1. The number of carbonyl (C=O) groups is 4. The molecule has 0 unspecified atom stereocenters. The molecule has 214 valence electrons. The number of thioether (sulfide) groups is 1. The van der Waals surface area contributed by atoms with Crippen molar-refractivity contribution in [2.24, 2.45) is 0 Å². The standard InChI is InChI=1S/C21H18ClNO4S.C11H14O2/c22-19-15(13-17-20(25)23-21(26)28-17)10-6-11-16(19)27-18(24)12-5-4-9-14-7-2-1-3-8-14;12-11(13)9-5-4-8-10-6-2-1-3-7-10/h1-3,6-8,10-11,13H,4-5,9,12H2,(H,23,25,26);1-3,6-7H,4-5,8-9H2,(H,12,13)/b17-13-;. The lowest BCUT2D eigenvalue weighted by atomic mass is 10.1. The van der Waals surface area contributed by atoms with Crippen LogP contribution in [0.4, 0.5) is 4.79 Å². The van der Waals surface area contributed by atoms with Crippen LogP contribution in [0.2, 0.25) is 5.02 Å². The first kappa shape index (κ1) is 31.6. The van der Waals surface area contributed by atoms with Crippen molar-refractivity contribution in [2.75, 3.05) is 0 Å². The summed E-state index contributed by atoms with van der Waals surface area (Å²) in [4.78, 5) is 45.5. The van der Waals surface area contributed by atoms with E-state index in [1.54, 1.807) is 18.2 Å². The fourth-order valence-corrected chi connectivity index (χ4v) is 4.84. The average molecular weight is 594 g/mol. The Hall–Kier alpha value is -3.88. The van der Waals surface area contributed by atoms with Gasteiger partial charge in [-0.1, -0.05) is 84.4 Å². The molecule has 1 saturated heterocycles. The van der Waals surface area contributed by atoms with Gasteiger partial charge in [0.15, 0.2) is 0 Å². The van der Waals surface area contributed by atoms with Gasteiger partial charge in [0.1, 0.15) is 5.75 Å². The molecule has 0 aliphatic carbocycles. The molecule has 0 spiro atoms. The molecule has 0 aromatic heterocycles. The summed E-state index contributed by atoms with van der Waals surface area (Å²) in [6.07, 6.45) is 7.30. The first-order valence-electron chi connectivity index (χ1n) is 13.4. The van der Waals surface area contributed by atoms with Crippen LogP contribution in [-0.2, 0) is 27.2 Å². The topological polar surface area (TPSA) is 110 Å². The summed E-state index contributed by atoms with van der Waals surface area (Å²) < 4.78 is 5.38. The number of amides is 2. The van der Waals surface area contributed by atoms with Crippen molar-refractivity contribution in [1.29, 1.82) is 0 Å². The molecule has 1 fully saturated rings. The lowest BCUT2D eigenvalue weighted by Crippen LogP contribution is -2.17. The Kier molecular flexibility index (Phi) is 13.2. The second-order valence-electron chi connectivity index (χ2n) is 9.26. The number of benzene rings is 3. The molecule has 3 aromatic carbocycles. The monoisotopic (exact) mass is 593 g/mol. The van der Waals surface area contributed by atoms with Crippen LogP contribution in [0.1, 0.15) is 55.2 Å². The van der Waals surface area contributed by atoms with Gasteiger partial charge in [-0.05, 0) is 79.1 Å². The third-order valence-electron chi connectivity index (χ3n) is 6.03. The summed E-state index contributed by atoms with van der Waals surface area (Å²) in [6.45, 7) is 0. The predicted octanol–water partition coefficient (Wildman–Crippen LogP) is 7.47.